The van der Waals surface area contributed by atoms with E-state index in [0.29, 0.717) is 11.4 Å². The summed E-state index contributed by atoms with van der Waals surface area (Å²) in [6, 6.07) is 17.3. The maximum Gasteiger partial charge on any atom is 0.264 e. The van der Waals surface area contributed by atoms with Crippen LogP contribution in [-0.2, 0) is 14.8 Å². The summed E-state index contributed by atoms with van der Waals surface area (Å²) in [6.07, 6.45) is 3.16. The molecule has 0 radical (unpaired) electrons. The molecule has 1 amide bonds. The Balaban J connectivity index is 1.84. The van der Waals surface area contributed by atoms with Crippen molar-refractivity contribution in [3.05, 3.63) is 84.2 Å². The molecule has 6 nitrogen and oxygen atoms in total. The average molecular weight is 410 g/mol. The molecule has 3 aromatic rings. The van der Waals surface area contributed by atoms with Crippen LogP contribution in [0.5, 0.6) is 0 Å². The topological polar surface area (TPSA) is 79.4 Å². The normalized spacial score (nSPS) is 11.1. The highest BCUT2D eigenvalue weighted by Gasteiger charge is 2.25. The fourth-order valence-corrected chi connectivity index (χ4v) is 4.27. The first kappa shape index (κ1) is 20.5. The van der Waals surface area contributed by atoms with E-state index in [1.807, 2.05) is 26.0 Å². The van der Waals surface area contributed by atoms with Crippen molar-refractivity contribution in [2.75, 3.05) is 16.2 Å². The third kappa shape index (κ3) is 5.20. The molecular formula is C22H23N3O3S. The Labute approximate surface area is 171 Å². The fourth-order valence-electron chi connectivity index (χ4n) is 2.80. The summed E-state index contributed by atoms with van der Waals surface area (Å²) >= 11 is 0. The molecule has 2 aromatic carbocycles. The number of aryl methyl sites for hydroxylation is 2. The molecule has 3 rings (SSSR count). The van der Waals surface area contributed by atoms with E-state index in [4.69, 9.17) is 0 Å². The molecule has 0 aliphatic carbocycles. The molecule has 1 heterocycles. The minimum absolute atomic E-state index is 0.00780. The summed E-state index contributed by atoms with van der Waals surface area (Å²) in [6.45, 7) is 3.85. The lowest BCUT2D eigenvalue weighted by Crippen LogP contribution is -2.34. The van der Waals surface area contributed by atoms with Crippen LogP contribution in [-0.4, -0.2) is 25.9 Å². The van der Waals surface area contributed by atoms with Gasteiger partial charge >= 0.3 is 0 Å². The van der Waals surface area contributed by atoms with E-state index < -0.39 is 10.0 Å². The summed E-state index contributed by atoms with van der Waals surface area (Å²) in [5, 5.41) is 2.73. The third-order valence-electron chi connectivity index (χ3n) is 4.42. The maximum absolute atomic E-state index is 13.3. The molecule has 0 saturated carbocycles. The van der Waals surface area contributed by atoms with E-state index in [2.05, 4.69) is 10.3 Å². The van der Waals surface area contributed by atoms with Gasteiger partial charge in [0.15, 0.2) is 0 Å². The Hall–Kier alpha value is -3.19. The zero-order chi connectivity index (χ0) is 20.9. The molecule has 0 bridgehead atoms. The molecular weight excluding hydrogens is 386 g/mol. The number of anilines is 2. The number of sulfonamides is 1. The second-order valence-electron chi connectivity index (χ2n) is 6.77. The monoisotopic (exact) mass is 409 g/mol. The van der Waals surface area contributed by atoms with Crippen LogP contribution in [0.4, 0.5) is 11.4 Å². The molecule has 0 spiro atoms. The van der Waals surface area contributed by atoms with Crippen molar-refractivity contribution in [3.63, 3.8) is 0 Å². The second kappa shape index (κ2) is 8.87. The summed E-state index contributed by atoms with van der Waals surface area (Å²) in [7, 11) is -3.81. The minimum Gasteiger partial charge on any atom is -0.325 e. The number of hydrogen-bond acceptors (Lipinski definition) is 4. The molecule has 1 aromatic heterocycles. The predicted octanol–water partition coefficient (Wildman–Crippen LogP) is 3.92. The molecule has 1 N–H and O–H groups in total. The molecule has 150 valence electrons. The van der Waals surface area contributed by atoms with Crippen LogP contribution in [0.15, 0.2) is 78.0 Å². The SMILES string of the molecule is Cc1ccc(N(CCC(=O)Nc2cccnc2)S(=O)(=O)c2ccc(C)cc2)cc1. The molecule has 0 aliphatic heterocycles. The van der Waals surface area contributed by atoms with Gasteiger partial charge in [-0.3, -0.25) is 14.1 Å². The number of benzene rings is 2. The van der Waals surface area contributed by atoms with Gasteiger partial charge in [0.2, 0.25) is 5.91 Å². The number of nitrogens with zero attached hydrogens (tertiary/aromatic N) is 2. The van der Waals surface area contributed by atoms with Gasteiger partial charge in [0, 0.05) is 19.2 Å². The summed E-state index contributed by atoms with van der Waals surface area (Å²) in [4.78, 5) is 16.5. The standard InChI is InChI=1S/C22H23N3O3S/c1-17-5-9-20(10-6-17)25(29(27,28)21-11-7-18(2)8-12-21)15-13-22(26)24-19-4-3-14-23-16-19/h3-12,14,16H,13,15H2,1-2H3,(H,24,26). The van der Waals surface area contributed by atoms with Crippen LogP contribution >= 0.6 is 0 Å². The zero-order valence-corrected chi connectivity index (χ0v) is 17.2. The van der Waals surface area contributed by atoms with Gasteiger partial charge in [-0.2, -0.15) is 0 Å². The first-order valence-electron chi connectivity index (χ1n) is 9.22. The van der Waals surface area contributed by atoms with Crippen LogP contribution < -0.4 is 9.62 Å². The van der Waals surface area contributed by atoms with Crippen molar-refractivity contribution in [2.45, 2.75) is 25.2 Å². The van der Waals surface area contributed by atoms with Gasteiger partial charge in [-0.05, 0) is 50.2 Å². The van der Waals surface area contributed by atoms with E-state index in [0.717, 1.165) is 11.1 Å². The first-order valence-corrected chi connectivity index (χ1v) is 10.7. The maximum atomic E-state index is 13.3. The van der Waals surface area contributed by atoms with Gasteiger partial charge in [-0.15, -0.1) is 0 Å². The molecule has 0 fully saturated rings. The highest BCUT2D eigenvalue weighted by Crippen LogP contribution is 2.25. The van der Waals surface area contributed by atoms with Gasteiger partial charge in [-0.1, -0.05) is 35.4 Å². The van der Waals surface area contributed by atoms with Crippen molar-refractivity contribution in [1.29, 1.82) is 0 Å². The van der Waals surface area contributed by atoms with Gasteiger partial charge in [-0.25, -0.2) is 8.42 Å². The van der Waals surface area contributed by atoms with E-state index >= 15 is 0 Å². The van der Waals surface area contributed by atoms with E-state index in [-0.39, 0.29) is 23.8 Å². The van der Waals surface area contributed by atoms with E-state index in [1.165, 1.54) is 4.31 Å². The lowest BCUT2D eigenvalue weighted by atomic mass is 10.2. The Morgan fingerprint density at radius 3 is 2.17 bits per heavy atom. The lowest BCUT2D eigenvalue weighted by molar-refractivity contribution is -0.116. The Morgan fingerprint density at radius 1 is 0.966 bits per heavy atom. The van der Waals surface area contributed by atoms with Crippen LogP contribution in [0.2, 0.25) is 0 Å². The van der Waals surface area contributed by atoms with Crippen molar-refractivity contribution >= 4 is 27.3 Å². The van der Waals surface area contributed by atoms with Crippen LogP contribution in [0.25, 0.3) is 0 Å². The number of amides is 1. The van der Waals surface area contributed by atoms with Crippen LogP contribution in [0.3, 0.4) is 0 Å². The first-order chi connectivity index (χ1) is 13.9. The second-order valence-corrected chi connectivity index (χ2v) is 8.63. The third-order valence-corrected chi connectivity index (χ3v) is 6.26. The lowest BCUT2D eigenvalue weighted by Gasteiger charge is -2.24. The molecule has 0 atom stereocenters. The van der Waals surface area contributed by atoms with E-state index in [1.54, 1.807) is 60.9 Å². The van der Waals surface area contributed by atoms with Gasteiger partial charge in [0.25, 0.3) is 10.0 Å². The minimum atomic E-state index is -3.81. The van der Waals surface area contributed by atoms with Crippen LogP contribution in [0, 0.1) is 13.8 Å². The van der Waals surface area contributed by atoms with Crippen molar-refractivity contribution < 1.29 is 13.2 Å². The van der Waals surface area contributed by atoms with E-state index in [9.17, 15) is 13.2 Å². The number of carbonyl (C=O) groups excluding carboxylic acids is 1. The zero-order valence-electron chi connectivity index (χ0n) is 16.4. The highest BCUT2D eigenvalue weighted by molar-refractivity contribution is 7.92. The Kier molecular flexibility index (Phi) is 6.29. The Bertz CT molecular complexity index is 1060. The Morgan fingerprint density at radius 2 is 1.59 bits per heavy atom. The number of rotatable bonds is 7. The summed E-state index contributed by atoms with van der Waals surface area (Å²) < 4.78 is 27.8. The quantitative estimate of drug-likeness (QED) is 0.641. The predicted molar refractivity (Wildman–Crippen MR) is 114 cm³/mol. The number of carbonyl (C=O) groups is 1. The molecule has 0 aliphatic rings. The fraction of sp³-hybridized carbons (Fsp3) is 0.182. The summed E-state index contributed by atoms with van der Waals surface area (Å²) in [5.74, 6) is -0.283. The van der Waals surface area contributed by atoms with Crippen molar-refractivity contribution in [1.82, 2.24) is 4.98 Å². The molecule has 7 heteroatoms. The van der Waals surface area contributed by atoms with Crippen LogP contribution in [0.1, 0.15) is 17.5 Å². The average Bonchev–Trinajstić information content (AvgIpc) is 2.70. The van der Waals surface area contributed by atoms with Gasteiger partial charge < -0.3 is 5.32 Å². The smallest absolute Gasteiger partial charge is 0.264 e. The van der Waals surface area contributed by atoms with Crippen molar-refractivity contribution in [3.8, 4) is 0 Å². The number of nitrogens with one attached hydrogen (secondary N) is 1. The number of pyridine rings is 1. The highest BCUT2D eigenvalue weighted by atomic mass is 32.2. The van der Waals surface area contributed by atoms with Crippen molar-refractivity contribution in [2.24, 2.45) is 0 Å². The summed E-state index contributed by atoms with van der Waals surface area (Å²) in [5.41, 5.74) is 3.09. The molecule has 0 saturated heterocycles. The number of hydrogen-bond donors (Lipinski definition) is 1. The number of aromatic nitrogens is 1. The van der Waals surface area contributed by atoms with Gasteiger partial charge in [0.1, 0.15) is 0 Å². The molecule has 0 unspecified atom stereocenters. The largest absolute Gasteiger partial charge is 0.325 e. The van der Waals surface area contributed by atoms with Gasteiger partial charge in [0.05, 0.1) is 22.5 Å². The molecule has 29 heavy (non-hydrogen) atoms.